The summed E-state index contributed by atoms with van der Waals surface area (Å²) in [6.45, 7) is 3.18. The Labute approximate surface area is 102 Å². The van der Waals surface area contributed by atoms with E-state index in [1.165, 1.54) is 0 Å². The highest BCUT2D eigenvalue weighted by atomic mass is 16.5. The largest absolute Gasteiger partial charge is 0.385 e. The van der Waals surface area contributed by atoms with Crippen molar-refractivity contribution in [3.8, 4) is 0 Å². The van der Waals surface area contributed by atoms with Gasteiger partial charge in [-0.15, -0.1) is 0 Å². The highest BCUT2D eigenvalue weighted by Crippen LogP contribution is 2.08. The molecular formula is C12H19N3O2. The zero-order valence-electron chi connectivity index (χ0n) is 10.3. The van der Waals surface area contributed by atoms with Crippen LogP contribution in [0.5, 0.6) is 0 Å². The Morgan fingerprint density at radius 2 is 2.41 bits per heavy atom. The van der Waals surface area contributed by atoms with Gasteiger partial charge in [0.05, 0.1) is 6.04 Å². The molecule has 1 atom stereocenters. The summed E-state index contributed by atoms with van der Waals surface area (Å²) in [5.74, 6) is 0. The average Bonchev–Trinajstić information content (AvgIpc) is 2.36. The highest BCUT2D eigenvalue weighted by molar-refractivity contribution is 5.74. The van der Waals surface area contributed by atoms with E-state index in [9.17, 15) is 4.79 Å². The van der Waals surface area contributed by atoms with E-state index in [2.05, 4.69) is 15.6 Å². The summed E-state index contributed by atoms with van der Waals surface area (Å²) >= 11 is 0. The Balaban J connectivity index is 2.26. The molecule has 0 unspecified atom stereocenters. The molecule has 0 radical (unpaired) electrons. The van der Waals surface area contributed by atoms with Crippen molar-refractivity contribution < 1.29 is 9.53 Å². The molecule has 1 rings (SSSR count). The predicted molar refractivity (Wildman–Crippen MR) is 65.7 cm³/mol. The first kappa shape index (κ1) is 13.4. The number of ether oxygens (including phenoxy) is 1. The van der Waals surface area contributed by atoms with Crippen LogP contribution in [0.1, 0.15) is 24.9 Å². The Kier molecular flexibility index (Phi) is 6.03. The van der Waals surface area contributed by atoms with Crippen molar-refractivity contribution >= 4 is 6.03 Å². The number of pyridine rings is 1. The number of hydrogen-bond acceptors (Lipinski definition) is 3. The van der Waals surface area contributed by atoms with Crippen molar-refractivity contribution in [2.45, 2.75) is 19.4 Å². The van der Waals surface area contributed by atoms with E-state index in [0.717, 1.165) is 12.0 Å². The van der Waals surface area contributed by atoms with Crippen LogP contribution in [0.15, 0.2) is 24.5 Å². The van der Waals surface area contributed by atoms with Crippen LogP contribution in [0.25, 0.3) is 0 Å². The van der Waals surface area contributed by atoms with E-state index in [0.29, 0.717) is 13.2 Å². The van der Waals surface area contributed by atoms with Gasteiger partial charge in [-0.25, -0.2) is 4.79 Å². The second kappa shape index (κ2) is 7.62. The van der Waals surface area contributed by atoms with Crippen molar-refractivity contribution in [2.24, 2.45) is 0 Å². The van der Waals surface area contributed by atoms with Gasteiger partial charge < -0.3 is 15.4 Å². The SMILES string of the molecule is COCCCNC(=O)N[C@@H](C)c1cccnc1. The fourth-order valence-corrected chi connectivity index (χ4v) is 1.38. The lowest BCUT2D eigenvalue weighted by Gasteiger charge is -2.14. The molecule has 0 fully saturated rings. The topological polar surface area (TPSA) is 63.2 Å². The number of carbonyl (C=O) groups is 1. The molecule has 1 aromatic heterocycles. The van der Waals surface area contributed by atoms with Gasteiger partial charge in [-0.1, -0.05) is 6.07 Å². The smallest absolute Gasteiger partial charge is 0.315 e. The molecular weight excluding hydrogens is 218 g/mol. The van der Waals surface area contributed by atoms with Crippen LogP contribution in [-0.2, 0) is 4.74 Å². The minimum atomic E-state index is -0.169. The van der Waals surface area contributed by atoms with E-state index >= 15 is 0 Å². The summed E-state index contributed by atoms with van der Waals surface area (Å²) in [6.07, 6.45) is 4.27. The molecule has 5 heteroatoms. The highest BCUT2D eigenvalue weighted by Gasteiger charge is 2.08. The van der Waals surface area contributed by atoms with Gasteiger partial charge in [0.2, 0.25) is 0 Å². The summed E-state index contributed by atoms with van der Waals surface area (Å²) in [6, 6.07) is 3.57. The molecule has 0 aliphatic rings. The van der Waals surface area contributed by atoms with Gasteiger partial charge in [-0.2, -0.15) is 0 Å². The molecule has 2 N–H and O–H groups in total. The van der Waals surface area contributed by atoms with Gasteiger partial charge in [0.1, 0.15) is 0 Å². The van der Waals surface area contributed by atoms with Crippen LogP contribution in [0, 0.1) is 0 Å². The maximum atomic E-state index is 11.5. The van der Waals surface area contributed by atoms with Gasteiger partial charge in [-0.3, -0.25) is 4.98 Å². The number of rotatable bonds is 6. The first-order valence-electron chi connectivity index (χ1n) is 5.67. The normalized spacial score (nSPS) is 11.9. The van der Waals surface area contributed by atoms with E-state index in [-0.39, 0.29) is 12.1 Å². The molecule has 0 aromatic carbocycles. The molecule has 2 amide bonds. The first-order chi connectivity index (χ1) is 8.24. The zero-order chi connectivity index (χ0) is 12.5. The molecule has 0 saturated heterocycles. The lowest BCUT2D eigenvalue weighted by molar-refractivity contribution is 0.193. The van der Waals surface area contributed by atoms with Gasteiger partial charge in [0.15, 0.2) is 0 Å². The monoisotopic (exact) mass is 237 g/mol. The van der Waals surface area contributed by atoms with Crippen molar-refractivity contribution in [1.29, 1.82) is 0 Å². The molecule has 0 bridgehead atoms. The van der Waals surface area contributed by atoms with E-state index < -0.39 is 0 Å². The molecule has 0 spiro atoms. The molecule has 5 nitrogen and oxygen atoms in total. The number of carbonyl (C=O) groups excluding carboxylic acids is 1. The standard InChI is InChI=1S/C12H19N3O2/c1-10(11-5-3-6-13-9-11)15-12(16)14-7-4-8-17-2/h3,5-6,9-10H,4,7-8H2,1-2H3,(H2,14,15,16)/t10-/m0/s1. The number of hydrogen-bond donors (Lipinski definition) is 2. The van der Waals surface area contributed by atoms with Crippen LogP contribution in [0.2, 0.25) is 0 Å². The fraction of sp³-hybridized carbons (Fsp3) is 0.500. The van der Waals surface area contributed by atoms with Crippen LogP contribution < -0.4 is 10.6 Å². The Hall–Kier alpha value is -1.62. The van der Waals surface area contributed by atoms with Gasteiger partial charge in [0.25, 0.3) is 0 Å². The maximum absolute atomic E-state index is 11.5. The fourth-order valence-electron chi connectivity index (χ4n) is 1.38. The Morgan fingerprint density at radius 3 is 3.06 bits per heavy atom. The lowest BCUT2D eigenvalue weighted by Crippen LogP contribution is -2.37. The number of urea groups is 1. The summed E-state index contributed by atoms with van der Waals surface area (Å²) in [5, 5.41) is 5.61. The Bertz CT molecular complexity index is 330. The third-order valence-corrected chi connectivity index (χ3v) is 2.34. The minimum absolute atomic E-state index is 0.0499. The van der Waals surface area contributed by atoms with Gasteiger partial charge in [-0.05, 0) is 25.0 Å². The van der Waals surface area contributed by atoms with Crippen LogP contribution in [0.3, 0.4) is 0 Å². The average molecular weight is 237 g/mol. The second-order valence-corrected chi connectivity index (χ2v) is 3.75. The van der Waals surface area contributed by atoms with Crippen LogP contribution in [0.4, 0.5) is 4.79 Å². The van der Waals surface area contributed by atoms with E-state index in [1.807, 2.05) is 19.1 Å². The zero-order valence-corrected chi connectivity index (χ0v) is 10.3. The first-order valence-corrected chi connectivity index (χ1v) is 5.67. The summed E-state index contributed by atoms with van der Waals surface area (Å²) < 4.78 is 4.89. The quantitative estimate of drug-likeness (QED) is 0.737. The summed E-state index contributed by atoms with van der Waals surface area (Å²) in [7, 11) is 1.64. The van der Waals surface area contributed by atoms with Crippen molar-refractivity contribution in [2.75, 3.05) is 20.3 Å². The second-order valence-electron chi connectivity index (χ2n) is 3.75. The molecule has 0 aliphatic carbocycles. The van der Waals surface area contributed by atoms with Gasteiger partial charge >= 0.3 is 6.03 Å². The number of aromatic nitrogens is 1. The van der Waals surface area contributed by atoms with E-state index in [1.54, 1.807) is 19.5 Å². The van der Waals surface area contributed by atoms with E-state index in [4.69, 9.17) is 4.74 Å². The number of methoxy groups -OCH3 is 1. The number of nitrogens with one attached hydrogen (secondary N) is 2. The molecule has 0 aliphatic heterocycles. The molecule has 1 aromatic rings. The van der Waals surface area contributed by atoms with Crippen molar-refractivity contribution in [3.05, 3.63) is 30.1 Å². The Morgan fingerprint density at radius 1 is 1.59 bits per heavy atom. The molecule has 94 valence electrons. The van der Waals surface area contributed by atoms with Crippen LogP contribution >= 0.6 is 0 Å². The maximum Gasteiger partial charge on any atom is 0.315 e. The van der Waals surface area contributed by atoms with Crippen molar-refractivity contribution in [1.82, 2.24) is 15.6 Å². The number of nitrogens with zero attached hydrogens (tertiary/aromatic N) is 1. The van der Waals surface area contributed by atoms with Crippen molar-refractivity contribution in [3.63, 3.8) is 0 Å². The molecule has 0 saturated carbocycles. The number of amides is 2. The third kappa shape index (κ3) is 5.31. The predicted octanol–water partition coefficient (Wildman–Crippen LogP) is 1.48. The summed E-state index contributed by atoms with van der Waals surface area (Å²) in [5.41, 5.74) is 0.986. The van der Waals surface area contributed by atoms with Gasteiger partial charge in [0, 0.05) is 32.7 Å². The third-order valence-electron chi connectivity index (χ3n) is 2.34. The van der Waals surface area contributed by atoms with Crippen LogP contribution in [-0.4, -0.2) is 31.3 Å². The molecule has 1 heterocycles. The summed E-state index contributed by atoms with van der Waals surface area (Å²) in [4.78, 5) is 15.5. The minimum Gasteiger partial charge on any atom is -0.385 e. The lowest BCUT2D eigenvalue weighted by atomic mass is 10.1. The molecule has 17 heavy (non-hydrogen) atoms.